The highest BCUT2D eigenvalue weighted by molar-refractivity contribution is 5.73. The minimum Gasteiger partial charge on any atom is -0.444 e. The fourth-order valence-corrected chi connectivity index (χ4v) is 2.24. The van der Waals surface area contributed by atoms with Gasteiger partial charge in [0.1, 0.15) is 12.2 Å². The standard InChI is InChI=1S/C18H24N2O4/c1-14-12-19(16(21)24-18(2,3)4)10-11-20(14)17(22)23-13-15-8-6-5-7-9-15/h5-9,12H,10-11,13H2,1-4H3. The normalized spacial score (nSPS) is 14.9. The topological polar surface area (TPSA) is 59.1 Å². The first-order valence-electron chi connectivity index (χ1n) is 7.92. The molecule has 6 nitrogen and oxygen atoms in total. The van der Waals surface area contributed by atoms with E-state index in [1.165, 1.54) is 9.80 Å². The Hall–Kier alpha value is -2.50. The summed E-state index contributed by atoms with van der Waals surface area (Å²) in [6, 6.07) is 9.50. The number of carbonyl (C=O) groups is 2. The number of rotatable bonds is 2. The van der Waals surface area contributed by atoms with Crippen LogP contribution in [0.2, 0.25) is 0 Å². The molecule has 0 saturated carbocycles. The van der Waals surface area contributed by atoms with Gasteiger partial charge in [-0.3, -0.25) is 9.80 Å². The predicted octanol–water partition coefficient (Wildman–Crippen LogP) is 3.74. The first-order valence-corrected chi connectivity index (χ1v) is 7.92. The Bertz CT molecular complexity index is 620. The number of hydrogen-bond acceptors (Lipinski definition) is 4. The molecule has 6 heteroatoms. The monoisotopic (exact) mass is 332 g/mol. The number of amides is 2. The average Bonchev–Trinajstić information content (AvgIpc) is 2.52. The number of allylic oxidation sites excluding steroid dienone is 1. The summed E-state index contributed by atoms with van der Waals surface area (Å²) in [6.07, 6.45) is 0.775. The summed E-state index contributed by atoms with van der Waals surface area (Å²) in [7, 11) is 0. The molecule has 0 bridgehead atoms. The van der Waals surface area contributed by atoms with Crippen molar-refractivity contribution >= 4 is 12.2 Å². The number of benzene rings is 1. The molecule has 0 radical (unpaired) electrons. The third kappa shape index (κ3) is 5.01. The van der Waals surface area contributed by atoms with Crippen molar-refractivity contribution in [3.05, 3.63) is 47.8 Å². The van der Waals surface area contributed by atoms with E-state index in [9.17, 15) is 9.59 Å². The molecular weight excluding hydrogens is 308 g/mol. The van der Waals surface area contributed by atoms with Gasteiger partial charge < -0.3 is 9.47 Å². The van der Waals surface area contributed by atoms with Gasteiger partial charge in [-0.25, -0.2) is 9.59 Å². The maximum Gasteiger partial charge on any atom is 0.414 e. The highest BCUT2D eigenvalue weighted by atomic mass is 16.6. The summed E-state index contributed by atoms with van der Waals surface area (Å²) < 4.78 is 10.7. The van der Waals surface area contributed by atoms with Crippen molar-refractivity contribution in [2.75, 3.05) is 13.1 Å². The van der Waals surface area contributed by atoms with Gasteiger partial charge in [0.05, 0.1) is 0 Å². The summed E-state index contributed by atoms with van der Waals surface area (Å²) >= 11 is 0. The van der Waals surface area contributed by atoms with E-state index < -0.39 is 17.8 Å². The van der Waals surface area contributed by atoms with Crippen LogP contribution in [0.4, 0.5) is 9.59 Å². The van der Waals surface area contributed by atoms with Gasteiger partial charge in [-0.05, 0) is 33.3 Å². The van der Waals surface area contributed by atoms with E-state index in [2.05, 4.69) is 0 Å². The molecule has 0 aliphatic carbocycles. The minimum absolute atomic E-state index is 0.221. The second kappa shape index (κ2) is 7.38. The molecule has 1 aliphatic rings. The van der Waals surface area contributed by atoms with Crippen LogP contribution < -0.4 is 0 Å². The molecule has 130 valence electrons. The Morgan fingerprint density at radius 1 is 1.08 bits per heavy atom. The molecule has 0 N–H and O–H groups in total. The lowest BCUT2D eigenvalue weighted by Gasteiger charge is -2.33. The van der Waals surface area contributed by atoms with Gasteiger partial charge in [0.2, 0.25) is 0 Å². The van der Waals surface area contributed by atoms with E-state index in [4.69, 9.17) is 9.47 Å². The van der Waals surface area contributed by atoms with Gasteiger partial charge in [0, 0.05) is 25.0 Å². The minimum atomic E-state index is -0.551. The summed E-state index contributed by atoms with van der Waals surface area (Å²) in [4.78, 5) is 27.3. The number of ether oxygens (including phenoxy) is 2. The quantitative estimate of drug-likeness (QED) is 0.828. The van der Waals surface area contributed by atoms with Crippen LogP contribution in [0, 0.1) is 0 Å². The smallest absolute Gasteiger partial charge is 0.414 e. The van der Waals surface area contributed by atoms with Crippen molar-refractivity contribution in [3.8, 4) is 0 Å². The zero-order chi connectivity index (χ0) is 17.7. The summed E-state index contributed by atoms with van der Waals surface area (Å²) in [6.45, 7) is 8.18. The Balaban J connectivity index is 1.92. The third-order valence-corrected chi connectivity index (χ3v) is 3.39. The Morgan fingerprint density at radius 2 is 1.75 bits per heavy atom. The molecule has 0 atom stereocenters. The molecule has 24 heavy (non-hydrogen) atoms. The number of nitrogens with zero attached hydrogens (tertiary/aromatic N) is 2. The predicted molar refractivity (Wildman–Crippen MR) is 90.0 cm³/mol. The molecule has 0 fully saturated rings. The summed E-state index contributed by atoms with van der Waals surface area (Å²) in [5, 5.41) is 0. The second-order valence-electron chi connectivity index (χ2n) is 6.64. The van der Waals surface area contributed by atoms with Crippen molar-refractivity contribution in [3.63, 3.8) is 0 Å². The van der Waals surface area contributed by atoms with Crippen LogP contribution >= 0.6 is 0 Å². The summed E-state index contributed by atoms with van der Waals surface area (Å²) in [5.74, 6) is 0. The largest absolute Gasteiger partial charge is 0.444 e. The highest BCUT2D eigenvalue weighted by Gasteiger charge is 2.27. The van der Waals surface area contributed by atoms with Gasteiger partial charge >= 0.3 is 12.2 Å². The van der Waals surface area contributed by atoms with E-state index in [0.717, 1.165) is 5.56 Å². The number of hydrogen-bond donors (Lipinski definition) is 0. The first-order chi connectivity index (χ1) is 11.3. The zero-order valence-corrected chi connectivity index (χ0v) is 14.6. The maximum atomic E-state index is 12.2. The SMILES string of the molecule is CC1=CN(C(=O)OC(C)(C)C)CCN1C(=O)OCc1ccccc1. The molecule has 0 aromatic heterocycles. The van der Waals surface area contributed by atoms with Gasteiger partial charge in [0.15, 0.2) is 0 Å². The molecule has 1 aromatic rings. The fraction of sp³-hybridized carbons (Fsp3) is 0.444. The maximum absolute atomic E-state index is 12.2. The lowest BCUT2D eigenvalue weighted by molar-refractivity contribution is 0.0291. The van der Waals surface area contributed by atoms with Crippen molar-refractivity contribution < 1.29 is 19.1 Å². The van der Waals surface area contributed by atoms with Gasteiger partial charge in [-0.1, -0.05) is 30.3 Å². The van der Waals surface area contributed by atoms with E-state index in [0.29, 0.717) is 18.8 Å². The van der Waals surface area contributed by atoms with Crippen LogP contribution in [0.1, 0.15) is 33.3 Å². The molecular formula is C18H24N2O4. The van der Waals surface area contributed by atoms with Crippen molar-refractivity contribution in [2.45, 2.75) is 39.9 Å². The van der Waals surface area contributed by atoms with E-state index in [1.54, 1.807) is 13.1 Å². The van der Waals surface area contributed by atoms with Crippen LogP contribution in [0.25, 0.3) is 0 Å². The molecule has 2 amide bonds. The lowest BCUT2D eigenvalue weighted by atomic mass is 10.2. The van der Waals surface area contributed by atoms with E-state index >= 15 is 0 Å². The Morgan fingerprint density at radius 3 is 2.33 bits per heavy atom. The van der Waals surface area contributed by atoms with Crippen molar-refractivity contribution in [2.24, 2.45) is 0 Å². The Labute approximate surface area is 142 Å². The van der Waals surface area contributed by atoms with Crippen LogP contribution in [0.15, 0.2) is 42.2 Å². The van der Waals surface area contributed by atoms with Crippen LogP contribution in [-0.2, 0) is 16.1 Å². The molecule has 1 aliphatic heterocycles. The van der Waals surface area contributed by atoms with Gasteiger partial charge in [-0.2, -0.15) is 0 Å². The highest BCUT2D eigenvalue weighted by Crippen LogP contribution is 2.17. The van der Waals surface area contributed by atoms with Crippen LogP contribution in [0.5, 0.6) is 0 Å². The lowest BCUT2D eigenvalue weighted by Crippen LogP contribution is -2.44. The van der Waals surface area contributed by atoms with Gasteiger partial charge in [-0.15, -0.1) is 0 Å². The van der Waals surface area contributed by atoms with E-state index in [-0.39, 0.29) is 6.61 Å². The van der Waals surface area contributed by atoms with E-state index in [1.807, 2.05) is 51.1 Å². The molecule has 1 aromatic carbocycles. The van der Waals surface area contributed by atoms with Crippen molar-refractivity contribution in [1.82, 2.24) is 9.80 Å². The molecule has 0 spiro atoms. The third-order valence-electron chi connectivity index (χ3n) is 3.39. The Kier molecular flexibility index (Phi) is 5.49. The first kappa shape index (κ1) is 17.8. The number of carbonyl (C=O) groups excluding carboxylic acids is 2. The van der Waals surface area contributed by atoms with Crippen molar-refractivity contribution in [1.29, 1.82) is 0 Å². The van der Waals surface area contributed by atoms with Crippen LogP contribution in [-0.4, -0.2) is 40.7 Å². The average molecular weight is 332 g/mol. The zero-order valence-electron chi connectivity index (χ0n) is 14.6. The second-order valence-corrected chi connectivity index (χ2v) is 6.64. The summed E-state index contributed by atoms with van der Waals surface area (Å²) in [5.41, 5.74) is 1.02. The van der Waals surface area contributed by atoms with Crippen LogP contribution in [0.3, 0.4) is 0 Å². The molecule has 1 heterocycles. The molecule has 2 rings (SSSR count). The fourth-order valence-electron chi connectivity index (χ4n) is 2.24. The van der Waals surface area contributed by atoms with Gasteiger partial charge in [0.25, 0.3) is 0 Å². The molecule has 0 saturated heterocycles. The molecule has 0 unspecified atom stereocenters.